The van der Waals surface area contributed by atoms with Crippen molar-refractivity contribution in [3.05, 3.63) is 71.3 Å². The van der Waals surface area contributed by atoms with Gasteiger partial charge in [-0.1, -0.05) is 37.3 Å². The Hall–Kier alpha value is -2.23. The molecule has 0 aliphatic carbocycles. The van der Waals surface area contributed by atoms with Crippen molar-refractivity contribution in [3.63, 3.8) is 0 Å². The Morgan fingerprint density at radius 2 is 1.83 bits per heavy atom. The molecule has 0 bridgehead atoms. The molecule has 1 saturated heterocycles. The van der Waals surface area contributed by atoms with Crippen molar-refractivity contribution in [1.29, 1.82) is 0 Å². The van der Waals surface area contributed by atoms with Crippen LogP contribution >= 0.6 is 0 Å². The largest absolute Gasteiger partial charge is 0.335 e. The normalized spacial score (nSPS) is 18.6. The third-order valence-electron chi connectivity index (χ3n) is 4.80. The third kappa shape index (κ3) is 3.32. The lowest BCUT2D eigenvalue weighted by Crippen LogP contribution is -2.39. The second-order valence-electron chi connectivity index (χ2n) is 6.29. The molecule has 1 aliphatic heterocycles. The molecule has 2 aromatic rings. The number of hydrogen-bond donors (Lipinski definition) is 0. The second-order valence-corrected chi connectivity index (χ2v) is 6.29. The number of amides is 1. The van der Waals surface area contributed by atoms with Crippen LogP contribution in [0.25, 0.3) is 0 Å². The summed E-state index contributed by atoms with van der Waals surface area (Å²) >= 11 is 0. The summed E-state index contributed by atoms with van der Waals surface area (Å²) in [6.45, 7) is 2.74. The molecule has 0 saturated carbocycles. The smallest absolute Gasteiger partial charge is 0.254 e. The lowest BCUT2D eigenvalue weighted by atomic mass is 9.87. The minimum atomic E-state index is -0.718. The van der Waals surface area contributed by atoms with Crippen LogP contribution in [-0.2, 0) is 0 Å². The summed E-state index contributed by atoms with van der Waals surface area (Å²) in [4.78, 5) is 14.6. The lowest BCUT2D eigenvalue weighted by molar-refractivity contribution is 0.0713. The van der Waals surface area contributed by atoms with Crippen molar-refractivity contribution in [2.24, 2.45) is 0 Å². The van der Waals surface area contributed by atoms with Crippen molar-refractivity contribution >= 4 is 5.91 Å². The van der Waals surface area contributed by atoms with Gasteiger partial charge in [-0.15, -0.1) is 0 Å². The van der Waals surface area contributed by atoms with Crippen molar-refractivity contribution in [1.82, 2.24) is 4.90 Å². The molecule has 0 radical (unpaired) electrons. The van der Waals surface area contributed by atoms with Crippen molar-refractivity contribution in [3.8, 4) is 0 Å². The molecule has 1 aliphatic rings. The predicted molar refractivity (Wildman–Crippen MR) is 89.9 cm³/mol. The van der Waals surface area contributed by atoms with E-state index in [9.17, 15) is 13.6 Å². The first-order valence-corrected chi connectivity index (χ1v) is 8.42. The van der Waals surface area contributed by atoms with Crippen LogP contribution in [0, 0.1) is 11.6 Å². The monoisotopic (exact) mass is 329 g/mol. The fraction of sp³-hybridized carbons (Fsp3) is 0.350. The highest BCUT2D eigenvalue weighted by molar-refractivity contribution is 5.94. The Balaban J connectivity index is 1.88. The lowest BCUT2D eigenvalue weighted by Gasteiger charge is -2.31. The summed E-state index contributed by atoms with van der Waals surface area (Å²) in [5.74, 6) is -1.49. The van der Waals surface area contributed by atoms with Crippen LogP contribution in [-0.4, -0.2) is 23.4 Å². The van der Waals surface area contributed by atoms with Crippen LogP contribution < -0.4 is 0 Å². The van der Waals surface area contributed by atoms with E-state index < -0.39 is 11.6 Å². The number of halogens is 2. The maximum absolute atomic E-state index is 13.5. The van der Waals surface area contributed by atoms with E-state index in [0.29, 0.717) is 6.54 Å². The van der Waals surface area contributed by atoms with Crippen LogP contribution in [0.2, 0.25) is 0 Å². The molecular formula is C20H21F2NO. The maximum Gasteiger partial charge on any atom is 0.254 e. The van der Waals surface area contributed by atoms with E-state index in [1.807, 2.05) is 18.2 Å². The minimum Gasteiger partial charge on any atom is -0.335 e. The van der Waals surface area contributed by atoms with Gasteiger partial charge in [-0.25, -0.2) is 8.78 Å². The second kappa shape index (κ2) is 7.12. The molecule has 2 atom stereocenters. The van der Waals surface area contributed by atoms with E-state index in [1.165, 1.54) is 5.56 Å². The van der Waals surface area contributed by atoms with Crippen LogP contribution in [0.15, 0.2) is 48.5 Å². The highest BCUT2D eigenvalue weighted by atomic mass is 19.1. The Labute approximate surface area is 141 Å². The summed E-state index contributed by atoms with van der Waals surface area (Å²) < 4.78 is 26.9. The number of likely N-dealkylation sites (tertiary alicyclic amines) is 1. The summed E-state index contributed by atoms with van der Waals surface area (Å²) in [6, 6.07) is 13.2. The fourth-order valence-corrected chi connectivity index (χ4v) is 3.74. The first-order valence-electron chi connectivity index (χ1n) is 8.42. The summed E-state index contributed by atoms with van der Waals surface area (Å²) in [7, 11) is 0. The number of carbonyl (C=O) groups is 1. The van der Waals surface area contributed by atoms with Crippen LogP contribution in [0.3, 0.4) is 0 Å². The fourth-order valence-electron chi connectivity index (χ4n) is 3.74. The molecule has 1 fully saturated rings. The van der Waals surface area contributed by atoms with Crippen LogP contribution in [0.1, 0.15) is 48.0 Å². The summed E-state index contributed by atoms with van der Waals surface area (Å²) in [5, 5.41) is 0. The van der Waals surface area contributed by atoms with E-state index in [0.717, 1.165) is 37.5 Å². The Bertz CT molecular complexity index is 697. The first kappa shape index (κ1) is 16.6. The highest BCUT2D eigenvalue weighted by Crippen LogP contribution is 2.34. The molecule has 0 N–H and O–H groups in total. The quantitative estimate of drug-likeness (QED) is 0.792. The van der Waals surface area contributed by atoms with Gasteiger partial charge in [-0.2, -0.15) is 0 Å². The zero-order valence-electron chi connectivity index (χ0n) is 13.7. The van der Waals surface area contributed by atoms with Gasteiger partial charge in [0, 0.05) is 30.1 Å². The molecule has 3 rings (SSSR count). The van der Waals surface area contributed by atoms with Crippen LogP contribution in [0.5, 0.6) is 0 Å². The van der Waals surface area contributed by atoms with Gasteiger partial charge >= 0.3 is 0 Å². The molecule has 0 unspecified atom stereocenters. The van der Waals surface area contributed by atoms with E-state index in [2.05, 4.69) is 19.1 Å². The van der Waals surface area contributed by atoms with Crippen molar-refractivity contribution < 1.29 is 13.6 Å². The summed E-state index contributed by atoms with van der Waals surface area (Å²) in [6.07, 6.45) is 2.74. The molecule has 4 heteroatoms. The van der Waals surface area contributed by atoms with E-state index >= 15 is 0 Å². The zero-order valence-corrected chi connectivity index (χ0v) is 13.7. The summed E-state index contributed by atoms with van der Waals surface area (Å²) in [5.41, 5.74) is 1.29. The number of rotatable bonds is 4. The first-order chi connectivity index (χ1) is 11.6. The molecule has 1 amide bonds. The minimum absolute atomic E-state index is 0.0660. The SMILES string of the molecule is CC[C@H](c1ccccc1)[C@H]1CCCN1C(=O)c1cc(F)cc(F)c1. The highest BCUT2D eigenvalue weighted by Gasteiger charge is 2.35. The van der Waals surface area contributed by atoms with Crippen molar-refractivity contribution in [2.45, 2.75) is 38.1 Å². The molecule has 2 nitrogen and oxygen atoms in total. The van der Waals surface area contributed by atoms with Gasteiger partial charge < -0.3 is 4.90 Å². The van der Waals surface area contributed by atoms with Gasteiger partial charge in [-0.05, 0) is 37.0 Å². The van der Waals surface area contributed by atoms with E-state index in [1.54, 1.807) is 4.90 Å². The maximum atomic E-state index is 13.5. The van der Waals surface area contributed by atoms with Gasteiger partial charge in [0.05, 0.1) is 0 Å². The molecule has 126 valence electrons. The van der Waals surface area contributed by atoms with Gasteiger partial charge in [-0.3, -0.25) is 4.79 Å². The molecule has 0 aromatic heterocycles. The predicted octanol–water partition coefficient (Wildman–Crippen LogP) is 4.76. The topological polar surface area (TPSA) is 20.3 Å². The standard InChI is InChI=1S/C20H21F2NO/c1-2-18(14-7-4-3-5-8-14)19-9-6-10-23(19)20(24)15-11-16(21)13-17(22)12-15/h3-5,7-8,11-13,18-19H,2,6,9-10H2,1H3/t18-,19-/m1/s1. The zero-order chi connectivity index (χ0) is 17.1. The molecule has 1 heterocycles. The number of nitrogens with zero attached hydrogens (tertiary/aromatic N) is 1. The van der Waals surface area contributed by atoms with Crippen LogP contribution in [0.4, 0.5) is 8.78 Å². The molecule has 24 heavy (non-hydrogen) atoms. The average molecular weight is 329 g/mol. The number of benzene rings is 2. The van der Waals surface area contributed by atoms with Crippen molar-refractivity contribution in [2.75, 3.05) is 6.54 Å². The van der Waals surface area contributed by atoms with Gasteiger partial charge in [0.1, 0.15) is 11.6 Å². The van der Waals surface area contributed by atoms with Gasteiger partial charge in [0.25, 0.3) is 5.91 Å². The van der Waals surface area contributed by atoms with E-state index in [-0.39, 0.29) is 23.4 Å². The molecule has 0 spiro atoms. The van der Waals surface area contributed by atoms with Gasteiger partial charge in [0.15, 0.2) is 0 Å². The Morgan fingerprint density at radius 1 is 1.17 bits per heavy atom. The number of carbonyl (C=O) groups excluding carboxylic acids is 1. The number of hydrogen-bond acceptors (Lipinski definition) is 1. The Morgan fingerprint density at radius 3 is 2.46 bits per heavy atom. The molecule has 2 aromatic carbocycles. The molecular weight excluding hydrogens is 308 g/mol. The van der Waals surface area contributed by atoms with Gasteiger partial charge in [0.2, 0.25) is 0 Å². The third-order valence-corrected chi connectivity index (χ3v) is 4.80. The van der Waals surface area contributed by atoms with E-state index in [4.69, 9.17) is 0 Å². The Kier molecular flexibility index (Phi) is 4.93. The average Bonchev–Trinajstić information content (AvgIpc) is 3.04.